The number of carbonyl (C=O) groups excluding carboxylic acids is 2. The molecule has 3 aliphatic rings. The van der Waals surface area contributed by atoms with Gasteiger partial charge in [0.2, 0.25) is 15.9 Å². The number of nitrogens with one attached hydrogen (secondary N) is 2. The highest BCUT2D eigenvalue weighted by Gasteiger charge is 2.40. The molecule has 140 valence electrons. The number of amides is 3. The van der Waals surface area contributed by atoms with Crippen LogP contribution in [0.5, 0.6) is 0 Å². The van der Waals surface area contributed by atoms with Gasteiger partial charge in [0.1, 0.15) is 0 Å². The van der Waals surface area contributed by atoms with E-state index in [9.17, 15) is 18.0 Å². The van der Waals surface area contributed by atoms with Crippen LogP contribution in [0.15, 0.2) is 6.07 Å². The number of carbonyl (C=O) groups is 2. The quantitative estimate of drug-likeness (QED) is 0.831. The molecule has 1 saturated heterocycles. The van der Waals surface area contributed by atoms with Crippen LogP contribution < -0.4 is 10.0 Å². The highest BCUT2D eigenvalue weighted by atomic mass is 32.2. The average molecular weight is 377 g/mol. The molecule has 1 atom stereocenters. The average Bonchev–Trinajstić information content (AvgIpc) is 3.28. The van der Waals surface area contributed by atoms with Gasteiger partial charge < -0.3 is 10.2 Å². The molecule has 26 heavy (non-hydrogen) atoms. The Morgan fingerprint density at radius 2 is 1.73 bits per heavy atom. The number of urea groups is 1. The Hall–Kier alpha value is -2.09. The van der Waals surface area contributed by atoms with Crippen molar-refractivity contribution in [2.45, 2.75) is 50.2 Å². The highest BCUT2D eigenvalue weighted by Crippen LogP contribution is 2.38. The fraction of sp³-hybridized carbons (Fsp3) is 0.556. The zero-order valence-electron chi connectivity index (χ0n) is 14.8. The smallest absolute Gasteiger partial charge is 0.332 e. The number of hydrogen-bond donors (Lipinski definition) is 2. The molecule has 1 aliphatic heterocycles. The Kier molecular flexibility index (Phi) is 4.17. The molecule has 1 unspecified atom stereocenters. The van der Waals surface area contributed by atoms with E-state index in [4.69, 9.17) is 0 Å². The predicted octanol–water partition coefficient (Wildman–Crippen LogP) is 1.35. The summed E-state index contributed by atoms with van der Waals surface area (Å²) in [7, 11) is -2.48. The van der Waals surface area contributed by atoms with Gasteiger partial charge >= 0.3 is 6.03 Å². The Morgan fingerprint density at radius 3 is 2.27 bits per heavy atom. The fourth-order valence-electron chi connectivity index (χ4n) is 4.38. The van der Waals surface area contributed by atoms with Gasteiger partial charge in [0.05, 0.1) is 0 Å². The first-order valence-corrected chi connectivity index (χ1v) is 10.7. The summed E-state index contributed by atoms with van der Waals surface area (Å²) in [6.45, 7) is 0.381. The van der Waals surface area contributed by atoms with Crippen LogP contribution in [0.25, 0.3) is 0 Å². The molecule has 3 amide bonds. The third-order valence-corrected chi connectivity index (χ3v) is 7.36. The normalized spacial score (nSPS) is 21.7. The summed E-state index contributed by atoms with van der Waals surface area (Å²) >= 11 is 0. The van der Waals surface area contributed by atoms with Gasteiger partial charge in [-0.15, -0.1) is 0 Å². The summed E-state index contributed by atoms with van der Waals surface area (Å²) in [4.78, 5) is 25.8. The number of sulfonamides is 1. The summed E-state index contributed by atoms with van der Waals surface area (Å²) in [5.74, 6) is -0.466. The van der Waals surface area contributed by atoms with E-state index in [-0.39, 0.29) is 6.42 Å². The summed E-state index contributed by atoms with van der Waals surface area (Å²) in [5.41, 5.74) is 5.58. The third kappa shape index (κ3) is 2.86. The van der Waals surface area contributed by atoms with Crippen LogP contribution in [0.1, 0.15) is 41.5 Å². The van der Waals surface area contributed by atoms with Crippen molar-refractivity contribution in [2.75, 3.05) is 18.9 Å². The van der Waals surface area contributed by atoms with E-state index in [1.165, 1.54) is 16.0 Å². The molecular formula is C18H23N3O4S. The van der Waals surface area contributed by atoms with Gasteiger partial charge in [0.25, 0.3) is 0 Å². The lowest BCUT2D eigenvalue weighted by Gasteiger charge is -2.17. The Labute approximate surface area is 153 Å². The lowest BCUT2D eigenvalue weighted by Crippen LogP contribution is -2.44. The van der Waals surface area contributed by atoms with Crippen LogP contribution in [-0.4, -0.2) is 44.1 Å². The van der Waals surface area contributed by atoms with Gasteiger partial charge in [0.15, 0.2) is 5.25 Å². The number of hydrogen-bond acceptors (Lipinski definition) is 4. The molecule has 0 spiro atoms. The van der Waals surface area contributed by atoms with E-state index in [0.29, 0.717) is 6.54 Å². The lowest BCUT2D eigenvalue weighted by molar-refractivity contribution is -0.126. The molecule has 7 nitrogen and oxygen atoms in total. The maximum absolute atomic E-state index is 12.4. The van der Waals surface area contributed by atoms with E-state index in [2.05, 4.69) is 16.1 Å². The minimum atomic E-state index is -4.04. The van der Waals surface area contributed by atoms with E-state index in [0.717, 1.165) is 55.3 Å². The van der Waals surface area contributed by atoms with Crippen LogP contribution in [0.3, 0.4) is 0 Å². The fourth-order valence-corrected chi connectivity index (χ4v) is 5.70. The van der Waals surface area contributed by atoms with Gasteiger partial charge in [-0.3, -0.25) is 4.79 Å². The van der Waals surface area contributed by atoms with Crippen molar-refractivity contribution < 1.29 is 18.0 Å². The Morgan fingerprint density at radius 1 is 1.12 bits per heavy atom. The maximum Gasteiger partial charge on any atom is 0.332 e. The first-order chi connectivity index (χ1) is 12.4. The molecule has 1 fully saturated rings. The number of fused-ring (bicyclic) bond motifs is 2. The van der Waals surface area contributed by atoms with E-state index in [1.807, 2.05) is 0 Å². The van der Waals surface area contributed by atoms with Crippen molar-refractivity contribution in [3.8, 4) is 0 Å². The lowest BCUT2D eigenvalue weighted by atomic mass is 9.99. The van der Waals surface area contributed by atoms with E-state index < -0.39 is 27.2 Å². The zero-order chi connectivity index (χ0) is 18.5. The van der Waals surface area contributed by atoms with Crippen molar-refractivity contribution >= 4 is 27.6 Å². The minimum absolute atomic E-state index is 0.202. The summed E-state index contributed by atoms with van der Waals surface area (Å²) in [5, 5.41) is 1.60. The predicted molar refractivity (Wildman–Crippen MR) is 97.6 cm³/mol. The first-order valence-electron chi connectivity index (χ1n) is 9.11. The molecule has 1 aromatic rings. The van der Waals surface area contributed by atoms with Crippen LogP contribution >= 0.6 is 0 Å². The second kappa shape index (κ2) is 6.26. The molecule has 4 rings (SSSR count). The van der Waals surface area contributed by atoms with Gasteiger partial charge in [-0.1, -0.05) is 6.07 Å². The number of aryl methyl sites for hydroxylation is 2. The van der Waals surface area contributed by atoms with Gasteiger partial charge in [0, 0.05) is 19.3 Å². The molecule has 0 radical (unpaired) electrons. The molecule has 0 saturated carbocycles. The number of anilines is 1. The maximum atomic E-state index is 12.4. The second-order valence-corrected chi connectivity index (χ2v) is 9.24. The van der Waals surface area contributed by atoms with Crippen LogP contribution in [0.4, 0.5) is 10.5 Å². The van der Waals surface area contributed by atoms with Crippen molar-refractivity contribution in [3.05, 3.63) is 28.3 Å². The van der Waals surface area contributed by atoms with Crippen molar-refractivity contribution in [2.24, 2.45) is 0 Å². The second-order valence-electron chi connectivity index (χ2n) is 7.37. The molecule has 8 heteroatoms. The van der Waals surface area contributed by atoms with Crippen LogP contribution in [-0.2, 0) is 40.5 Å². The molecule has 0 bridgehead atoms. The van der Waals surface area contributed by atoms with Crippen LogP contribution in [0.2, 0.25) is 0 Å². The zero-order valence-corrected chi connectivity index (χ0v) is 15.6. The van der Waals surface area contributed by atoms with E-state index >= 15 is 0 Å². The van der Waals surface area contributed by atoms with Crippen molar-refractivity contribution in [3.63, 3.8) is 0 Å². The Balaban J connectivity index is 1.56. The number of benzene rings is 1. The molecule has 1 heterocycles. The number of rotatable bonds is 3. The van der Waals surface area contributed by atoms with Crippen molar-refractivity contribution in [1.29, 1.82) is 0 Å². The number of nitrogens with zero attached hydrogens (tertiary/aromatic N) is 1. The topological polar surface area (TPSA) is 95.6 Å². The summed E-state index contributed by atoms with van der Waals surface area (Å²) in [6.07, 6.45) is 6.10. The van der Waals surface area contributed by atoms with Crippen molar-refractivity contribution in [1.82, 2.24) is 9.62 Å². The van der Waals surface area contributed by atoms with Crippen LogP contribution in [0, 0.1) is 0 Å². The minimum Gasteiger partial charge on any atom is -0.345 e. The molecule has 2 aliphatic carbocycles. The van der Waals surface area contributed by atoms with Gasteiger partial charge in [-0.05, 0) is 67.2 Å². The SMILES string of the molecule is CN1CCC(S(=O)(=O)NC(=O)Nc2c3c(cc4c2CCC4)CCC3)C1=O. The summed E-state index contributed by atoms with van der Waals surface area (Å²) in [6, 6.07) is 1.47. The van der Waals surface area contributed by atoms with Gasteiger partial charge in [-0.2, -0.15) is 0 Å². The monoisotopic (exact) mass is 377 g/mol. The third-order valence-electron chi connectivity index (χ3n) is 5.70. The highest BCUT2D eigenvalue weighted by molar-refractivity contribution is 7.91. The standard InChI is InChI=1S/C18H23N3O4S/c1-21-9-8-15(17(21)22)26(24,25)20-18(23)19-16-13-6-2-4-11(13)10-12-5-3-7-14(12)16/h10,15H,2-9H2,1H3,(H2,19,20,23). The molecule has 1 aromatic carbocycles. The molecular weight excluding hydrogens is 354 g/mol. The molecule has 0 aromatic heterocycles. The van der Waals surface area contributed by atoms with E-state index in [1.54, 1.807) is 7.05 Å². The van der Waals surface area contributed by atoms with Gasteiger partial charge in [-0.25, -0.2) is 17.9 Å². The summed E-state index contributed by atoms with van der Waals surface area (Å²) < 4.78 is 26.9. The Bertz CT molecular complexity index is 862. The largest absolute Gasteiger partial charge is 0.345 e. The molecule has 2 N–H and O–H groups in total. The number of likely N-dealkylation sites (tertiary alicyclic amines) is 1. The first kappa shape index (κ1) is 17.3.